The molecule has 0 aliphatic carbocycles. The molecule has 4 nitrogen and oxygen atoms in total. The highest BCUT2D eigenvalue weighted by Gasteiger charge is 2.05. The molecule has 0 bridgehead atoms. The van der Waals surface area contributed by atoms with Crippen molar-refractivity contribution in [3.8, 4) is 0 Å². The maximum atomic E-state index is 5.66. The third-order valence-corrected chi connectivity index (χ3v) is 2.63. The predicted molar refractivity (Wildman–Crippen MR) is 67.2 cm³/mol. The van der Waals surface area contributed by atoms with Gasteiger partial charge in [-0.3, -0.25) is 0 Å². The first-order valence-corrected chi connectivity index (χ1v) is 5.90. The number of halogens is 1. The second-order valence-electron chi connectivity index (χ2n) is 3.90. The fourth-order valence-electron chi connectivity index (χ4n) is 1.53. The smallest absolute Gasteiger partial charge is 0.151 e. The van der Waals surface area contributed by atoms with Crippen LogP contribution in [-0.2, 0) is 6.42 Å². The second kappa shape index (κ2) is 5.68. The van der Waals surface area contributed by atoms with Crippen molar-refractivity contribution < 1.29 is 4.42 Å². The standard InChI is InChI=1S/C12H14ClN3O/c1-9(4-5-10-3-2-8-17-10)14-12-7-6-11(13)15-16-12/h2-3,6-9H,4-5H2,1H3,(H,14,16). The molecule has 2 aromatic rings. The van der Waals surface area contributed by atoms with Crippen LogP contribution in [0, 0.1) is 0 Å². The van der Waals surface area contributed by atoms with E-state index in [1.54, 1.807) is 12.3 Å². The van der Waals surface area contributed by atoms with Crippen LogP contribution in [0.4, 0.5) is 5.82 Å². The Kier molecular flexibility index (Phi) is 3.98. The summed E-state index contributed by atoms with van der Waals surface area (Å²) in [4.78, 5) is 0. The van der Waals surface area contributed by atoms with E-state index in [1.165, 1.54) is 0 Å². The van der Waals surface area contributed by atoms with E-state index in [1.807, 2.05) is 18.2 Å². The second-order valence-corrected chi connectivity index (χ2v) is 4.29. The number of nitrogens with one attached hydrogen (secondary N) is 1. The fourth-order valence-corrected chi connectivity index (χ4v) is 1.63. The Bertz CT molecular complexity index is 441. The third-order valence-electron chi connectivity index (χ3n) is 2.43. The van der Waals surface area contributed by atoms with Gasteiger partial charge in [-0.2, -0.15) is 0 Å². The summed E-state index contributed by atoms with van der Waals surface area (Å²) < 4.78 is 5.28. The van der Waals surface area contributed by atoms with Crippen molar-refractivity contribution in [2.24, 2.45) is 0 Å². The minimum Gasteiger partial charge on any atom is -0.469 e. The number of aromatic nitrogens is 2. The molecule has 0 radical (unpaired) electrons. The average Bonchev–Trinajstić information content (AvgIpc) is 2.83. The summed E-state index contributed by atoms with van der Waals surface area (Å²) in [5, 5.41) is 11.4. The highest BCUT2D eigenvalue weighted by atomic mass is 35.5. The van der Waals surface area contributed by atoms with E-state index in [-0.39, 0.29) is 0 Å². The Morgan fingerprint density at radius 2 is 2.24 bits per heavy atom. The molecule has 0 saturated heterocycles. The fraction of sp³-hybridized carbons (Fsp3) is 0.333. The first-order chi connectivity index (χ1) is 8.24. The molecule has 0 saturated carbocycles. The molecule has 90 valence electrons. The van der Waals surface area contributed by atoms with Gasteiger partial charge < -0.3 is 9.73 Å². The molecule has 1 N–H and O–H groups in total. The number of anilines is 1. The van der Waals surface area contributed by atoms with Crippen LogP contribution in [0.2, 0.25) is 5.15 Å². The summed E-state index contributed by atoms with van der Waals surface area (Å²) in [6.45, 7) is 2.10. The number of hydrogen-bond acceptors (Lipinski definition) is 4. The summed E-state index contributed by atoms with van der Waals surface area (Å²) in [6, 6.07) is 7.72. The molecule has 2 heterocycles. The Labute approximate surface area is 105 Å². The third kappa shape index (κ3) is 3.75. The number of rotatable bonds is 5. The Hall–Kier alpha value is -1.55. The first kappa shape index (κ1) is 11.9. The van der Waals surface area contributed by atoms with Crippen LogP contribution in [0.1, 0.15) is 19.1 Å². The van der Waals surface area contributed by atoms with Crippen LogP contribution < -0.4 is 5.32 Å². The van der Waals surface area contributed by atoms with Gasteiger partial charge in [0.05, 0.1) is 6.26 Å². The molecular formula is C12H14ClN3O. The van der Waals surface area contributed by atoms with Crippen molar-refractivity contribution in [3.05, 3.63) is 41.4 Å². The van der Waals surface area contributed by atoms with E-state index < -0.39 is 0 Å². The van der Waals surface area contributed by atoms with Crippen LogP contribution in [0.3, 0.4) is 0 Å². The molecule has 0 spiro atoms. The maximum absolute atomic E-state index is 5.66. The van der Waals surface area contributed by atoms with E-state index in [4.69, 9.17) is 16.0 Å². The maximum Gasteiger partial charge on any atom is 0.151 e. The van der Waals surface area contributed by atoms with Crippen molar-refractivity contribution >= 4 is 17.4 Å². The van der Waals surface area contributed by atoms with Crippen LogP contribution in [0.5, 0.6) is 0 Å². The lowest BCUT2D eigenvalue weighted by atomic mass is 10.1. The lowest BCUT2D eigenvalue weighted by molar-refractivity contribution is 0.494. The van der Waals surface area contributed by atoms with E-state index in [2.05, 4.69) is 22.4 Å². The van der Waals surface area contributed by atoms with Crippen molar-refractivity contribution in [2.45, 2.75) is 25.8 Å². The summed E-state index contributed by atoms with van der Waals surface area (Å²) in [7, 11) is 0. The normalized spacial score (nSPS) is 12.4. The van der Waals surface area contributed by atoms with Gasteiger partial charge in [-0.05, 0) is 37.6 Å². The minimum absolute atomic E-state index is 0.301. The van der Waals surface area contributed by atoms with Crippen molar-refractivity contribution in [1.82, 2.24) is 10.2 Å². The van der Waals surface area contributed by atoms with Crippen LogP contribution >= 0.6 is 11.6 Å². The number of nitrogens with zero attached hydrogens (tertiary/aromatic N) is 2. The van der Waals surface area contributed by atoms with E-state index in [9.17, 15) is 0 Å². The molecule has 5 heteroatoms. The van der Waals surface area contributed by atoms with Crippen LogP contribution in [-0.4, -0.2) is 16.2 Å². The van der Waals surface area contributed by atoms with E-state index in [0.29, 0.717) is 11.2 Å². The van der Waals surface area contributed by atoms with Crippen LogP contribution in [0.15, 0.2) is 34.9 Å². The molecule has 2 rings (SSSR count). The summed E-state index contributed by atoms with van der Waals surface area (Å²) in [5.74, 6) is 1.74. The lowest BCUT2D eigenvalue weighted by Gasteiger charge is -2.12. The summed E-state index contributed by atoms with van der Waals surface area (Å²) in [6.07, 6.45) is 3.57. The van der Waals surface area contributed by atoms with Gasteiger partial charge in [0.25, 0.3) is 0 Å². The van der Waals surface area contributed by atoms with Gasteiger partial charge in [0, 0.05) is 12.5 Å². The van der Waals surface area contributed by atoms with Gasteiger partial charge in [-0.15, -0.1) is 10.2 Å². The van der Waals surface area contributed by atoms with E-state index >= 15 is 0 Å². The van der Waals surface area contributed by atoms with Gasteiger partial charge in [0.2, 0.25) is 0 Å². The average molecular weight is 252 g/mol. The number of aryl methyl sites for hydroxylation is 1. The monoisotopic (exact) mass is 251 g/mol. The van der Waals surface area contributed by atoms with Gasteiger partial charge >= 0.3 is 0 Å². The quantitative estimate of drug-likeness (QED) is 0.887. The molecule has 0 amide bonds. The first-order valence-electron chi connectivity index (χ1n) is 5.52. The minimum atomic E-state index is 0.301. The molecule has 0 aliphatic rings. The van der Waals surface area contributed by atoms with Crippen molar-refractivity contribution in [3.63, 3.8) is 0 Å². The van der Waals surface area contributed by atoms with Gasteiger partial charge in [0.1, 0.15) is 11.6 Å². The highest BCUT2D eigenvalue weighted by Crippen LogP contribution is 2.11. The van der Waals surface area contributed by atoms with Gasteiger partial charge in [-0.25, -0.2) is 0 Å². The molecule has 0 aliphatic heterocycles. The molecule has 1 unspecified atom stereocenters. The molecule has 2 aromatic heterocycles. The Balaban J connectivity index is 1.80. The lowest BCUT2D eigenvalue weighted by Crippen LogP contribution is -2.17. The zero-order valence-corrected chi connectivity index (χ0v) is 10.3. The molecule has 0 fully saturated rings. The summed E-state index contributed by atoms with van der Waals surface area (Å²) in [5.41, 5.74) is 0. The van der Waals surface area contributed by atoms with E-state index in [0.717, 1.165) is 24.4 Å². The van der Waals surface area contributed by atoms with Gasteiger partial charge in [0.15, 0.2) is 5.15 Å². The molecule has 1 atom stereocenters. The highest BCUT2D eigenvalue weighted by molar-refractivity contribution is 6.29. The number of hydrogen-bond donors (Lipinski definition) is 1. The largest absolute Gasteiger partial charge is 0.469 e. The predicted octanol–water partition coefficient (Wildman–Crippen LogP) is 3.16. The van der Waals surface area contributed by atoms with Crippen molar-refractivity contribution in [1.29, 1.82) is 0 Å². The molecule has 17 heavy (non-hydrogen) atoms. The zero-order chi connectivity index (χ0) is 12.1. The van der Waals surface area contributed by atoms with Crippen LogP contribution in [0.25, 0.3) is 0 Å². The van der Waals surface area contributed by atoms with Gasteiger partial charge in [-0.1, -0.05) is 11.6 Å². The SMILES string of the molecule is CC(CCc1ccco1)Nc1ccc(Cl)nn1. The van der Waals surface area contributed by atoms with Crippen molar-refractivity contribution in [2.75, 3.05) is 5.32 Å². The number of furan rings is 1. The summed E-state index contributed by atoms with van der Waals surface area (Å²) >= 11 is 5.66. The molecular weight excluding hydrogens is 238 g/mol. The molecule has 0 aromatic carbocycles. The Morgan fingerprint density at radius 3 is 2.88 bits per heavy atom. The topological polar surface area (TPSA) is 51.0 Å². The zero-order valence-electron chi connectivity index (χ0n) is 9.56. The Morgan fingerprint density at radius 1 is 1.35 bits per heavy atom.